The number of carboxylic acid groups (broad SMARTS) is 1. The molecule has 0 saturated heterocycles. The van der Waals surface area contributed by atoms with Crippen molar-refractivity contribution in [2.75, 3.05) is 0 Å². The number of carboxylic acids is 1. The fourth-order valence-corrected chi connectivity index (χ4v) is 1.03. The molecular weight excluding hydrogens is 194 g/mol. The van der Waals surface area contributed by atoms with Crippen LogP contribution in [0.1, 0.15) is 16.8 Å². The zero-order valence-corrected chi connectivity index (χ0v) is 7.28. The molecule has 0 aromatic carbocycles. The monoisotopic (exact) mass is 199 g/mol. The van der Waals surface area contributed by atoms with Crippen LogP contribution in [0.3, 0.4) is 0 Å². The van der Waals surface area contributed by atoms with E-state index in [2.05, 4.69) is 4.98 Å². The summed E-state index contributed by atoms with van der Waals surface area (Å²) in [6.07, 6.45) is 2.12. The fraction of sp³-hybridized carbons (Fsp3) is 0.125. The summed E-state index contributed by atoms with van der Waals surface area (Å²) in [5.74, 6) is -1.71. The Kier molecular flexibility index (Phi) is 2.97. The number of hydrogen-bond donors (Lipinski definition) is 1. The van der Waals surface area contributed by atoms with E-state index in [9.17, 15) is 9.59 Å². The summed E-state index contributed by atoms with van der Waals surface area (Å²) < 4.78 is 0. The van der Waals surface area contributed by atoms with Crippen LogP contribution in [-0.2, 0) is 4.79 Å². The van der Waals surface area contributed by atoms with E-state index in [1.54, 1.807) is 0 Å². The van der Waals surface area contributed by atoms with E-state index in [-0.39, 0.29) is 10.6 Å². The molecule has 0 bridgehead atoms. The Morgan fingerprint density at radius 1 is 1.54 bits per heavy atom. The first kappa shape index (κ1) is 9.67. The summed E-state index contributed by atoms with van der Waals surface area (Å²) in [7, 11) is 0. The van der Waals surface area contributed by atoms with Gasteiger partial charge in [-0.1, -0.05) is 11.6 Å². The minimum absolute atomic E-state index is 0.145. The van der Waals surface area contributed by atoms with Gasteiger partial charge in [-0.05, 0) is 6.07 Å². The molecule has 68 valence electrons. The van der Waals surface area contributed by atoms with Crippen LogP contribution in [0.25, 0.3) is 0 Å². The quantitative estimate of drug-likeness (QED) is 0.590. The number of hydrogen-bond acceptors (Lipinski definition) is 3. The number of nitrogens with zero attached hydrogens (tertiary/aromatic N) is 1. The summed E-state index contributed by atoms with van der Waals surface area (Å²) in [6, 6.07) is 1.44. The summed E-state index contributed by atoms with van der Waals surface area (Å²) in [4.78, 5) is 25.1. The molecular formula is C8H6ClNO3. The summed E-state index contributed by atoms with van der Waals surface area (Å²) in [5.41, 5.74) is 0.145. The third kappa shape index (κ3) is 2.52. The molecule has 1 aromatic rings. The lowest BCUT2D eigenvalue weighted by atomic mass is 10.1. The van der Waals surface area contributed by atoms with Gasteiger partial charge in [0.25, 0.3) is 0 Å². The van der Waals surface area contributed by atoms with Gasteiger partial charge in [0.1, 0.15) is 6.42 Å². The number of aromatic nitrogens is 1. The van der Waals surface area contributed by atoms with Gasteiger partial charge < -0.3 is 5.11 Å². The van der Waals surface area contributed by atoms with Crippen molar-refractivity contribution in [3.63, 3.8) is 0 Å². The Balaban J connectivity index is 2.89. The Bertz CT molecular complexity index is 351. The molecule has 13 heavy (non-hydrogen) atoms. The minimum atomic E-state index is -1.18. The third-order valence-electron chi connectivity index (χ3n) is 1.38. The number of carbonyl (C=O) groups is 2. The Labute approximate surface area is 79.2 Å². The summed E-state index contributed by atoms with van der Waals surface area (Å²) >= 11 is 5.65. The predicted octanol–water partition coefficient (Wildman–Crippen LogP) is 1.39. The summed E-state index contributed by atoms with van der Waals surface area (Å²) in [6.45, 7) is 0. The first-order valence-corrected chi connectivity index (χ1v) is 3.83. The second-order valence-electron chi connectivity index (χ2n) is 2.35. The normalized spacial score (nSPS) is 9.62. The number of Topliss-reactive ketones (excluding diaryl/α,β-unsaturated/α-hetero) is 1. The third-order valence-corrected chi connectivity index (χ3v) is 1.71. The van der Waals surface area contributed by atoms with Crippen molar-refractivity contribution in [1.29, 1.82) is 0 Å². The van der Waals surface area contributed by atoms with Crippen molar-refractivity contribution in [2.45, 2.75) is 6.42 Å². The number of rotatable bonds is 3. The molecule has 4 nitrogen and oxygen atoms in total. The molecule has 1 rings (SSSR count). The predicted molar refractivity (Wildman–Crippen MR) is 45.8 cm³/mol. The van der Waals surface area contributed by atoms with Crippen molar-refractivity contribution in [1.82, 2.24) is 4.98 Å². The van der Waals surface area contributed by atoms with Crippen LogP contribution in [0.5, 0.6) is 0 Å². The second kappa shape index (κ2) is 4.00. The van der Waals surface area contributed by atoms with Gasteiger partial charge in [0.15, 0.2) is 5.78 Å². The number of halogens is 1. The molecule has 1 aromatic heterocycles. The molecule has 0 saturated carbocycles. The lowest BCUT2D eigenvalue weighted by Gasteiger charge is -1.98. The molecule has 0 aliphatic heterocycles. The maximum Gasteiger partial charge on any atom is 0.311 e. The smallest absolute Gasteiger partial charge is 0.311 e. The van der Waals surface area contributed by atoms with Crippen LogP contribution in [0.15, 0.2) is 18.5 Å². The second-order valence-corrected chi connectivity index (χ2v) is 2.76. The highest BCUT2D eigenvalue weighted by molar-refractivity contribution is 6.34. The van der Waals surface area contributed by atoms with Gasteiger partial charge >= 0.3 is 5.97 Å². The van der Waals surface area contributed by atoms with E-state index in [0.717, 1.165) is 0 Å². The van der Waals surface area contributed by atoms with Gasteiger partial charge in [0.05, 0.1) is 10.6 Å². The van der Waals surface area contributed by atoms with Crippen molar-refractivity contribution >= 4 is 23.4 Å². The fourth-order valence-electron chi connectivity index (χ4n) is 0.815. The zero-order valence-electron chi connectivity index (χ0n) is 6.53. The van der Waals surface area contributed by atoms with Crippen molar-refractivity contribution in [2.24, 2.45) is 0 Å². The van der Waals surface area contributed by atoms with E-state index in [4.69, 9.17) is 16.7 Å². The van der Waals surface area contributed by atoms with E-state index in [1.165, 1.54) is 18.5 Å². The molecule has 0 atom stereocenters. The maximum atomic E-state index is 11.2. The molecule has 0 aliphatic rings. The standard InChI is InChI=1S/C8H6ClNO3/c9-6-1-2-10-4-5(6)7(11)3-8(12)13/h1-2,4H,3H2,(H,12,13). The van der Waals surface area contributed by atoms with Gasteiger partial charge in [-0.2, -0.15) is 0 Å². The highest BCUT2D eigenvalue weighted by Gasteiger charge is 2.13. The molecule has 0 radical (unpaired) electrons. The van der Waals surface area contributed by atoms with Crippen LogP contribution in [-0.4, -0.2) is 21.8 Å². The van der Waals surface area contributed by atoms with Crippen molar-refractivity contribution in [3.05, 3.63) is 29.0 Å². The van der Waals surface area contributed by atoms with Gasteiger partial charge in [-0.3, -0.25) is 14.6 Å². The van der Waals surface area contributed by atoms with Gasteiger partial charge in [-0.25, -0.2) is 0 Å². The maximum absolute atomic E-state index is 11.2. The number of aliphatic carboxylic acids is 1. The molecule has 5 heteroatoms. The molecule has 1 N–H and O–H groups in total. The number of carbonyl (C=O) groups excluding carboxylic acids is 1. The van der Waals surface area contributed by atoms with E-state index < -0.39 is 18.2 Å². The van der Waals surface area contributed by atoms with Gasteiger partial charge in [0, 0.05) is 12.4 Å². The van der Waals surface area contributed by atoms with E-state index in [0.29, 0.717) is 0 Å². The average Bonchev–Trinajstić information content (AvgIpc) is 2.03. The van der Waals surface area contributed by atoms with Crippen LogP contribution in [0.2, 0.25) is 5.02 Å². The molecule has 0 unspecified atom stereocenters. The Hall–Kier alpha value is -1.42. The minimum Gasteiger partial charge on any atom is -0.481 e. The van der Waals surface area contributed by atoms with Crippen LogP contribution in [0.4, 0.5) is 0 Å². The van der Waals surface area contributed by atoms with Crippen LogP contribution >= 0.6 is 11.6 Å². The summed E-state index contributed by atoms with van der Waals surface area (Å²) in [5, 5.41) is 8.58. The highest BCUT2D eigenvalue weighted by atomic mass is 35.5. The van der Waals surface area contributed by atoms with Gasteiger partial charge in [0.2, 0.25) is 0 Å². The topological polar surface area (TPSA) is 67.3 Å². The van der Waals surface area contributed by atoms with E-state index >= 15 is 0 Å². The first-order valence-electron chi connectivity index (χ1n) is 3.46. The molecule has 0 fully saturated rings. The number of ketones is 1. The van der Waals surface area contributed by atoms with E-state index in [1.807, 2.05) is 0 Å². The van der Waals surface area contributed by atoms with Crippen molar-refractivity contribution < 1.29 is 14.7 Å². The highest BCUT2D eigenvalue weighted by Crippen LogP contribution is 2.15. The zero-order chi connectivity index (χ0) is 9.84. The molecule has 0 spiro atoms. The Morgan fingerprint density at radius 3 is 2.77 bits per heavy atom. The lowest BCUT2D eigenvalue weighted by Crippen LogP contribution is -2.07. The van der Waals surface area contributed by atoms with Crippen LogP contribution in [0, 0.1) is 0 Å². The molecule has 0 amide bonds. The first-order chi connectivity index (χ1) is 6.11. The van der Waals surface area contributed by atoms with Gasteiger partial charge in [-0.15, -0.1) is 0 Å². The molecule has 1 heterocycles. The SMILES string of the molecule is O=C(O)CC(=O)c1cnccc1Cl. The lowest BCUT2D eigenvalue weighted by molar-refractivity contribution is -0.135. The average molecular weight is 200 g/mol. The van der Waals surface area contributed by atoms with Crippen LogP contribution < -0.4 is 0 Å². The molecule has 0 aliphatic carbocycles. The number of pyridine rings is 1. The Morgan fingerprint density at radius 2 is 2.23 bits per heavy atom. The van der Waals surface area contributed by atoms with Crippen molar-refractivity contribution in [3.8, 4) is 0 Å². The largest absolute Gasteiger partial charge is 0.481 e.